The van der Waals surface area contributed by atoms with Gasteiger partial charge in [-0.05, 0) is 40.5 Å². The number of aromatic nitrogens is 3. The maximum Gasteiger partial charge on any atom is 0.387 e. The van der Waals surface area contributed by atoms with E-state index in [4.69, 9.17) is 0 Å². The normalized spacial score (nSPS) is 14.1. The van der Waals surface area contributed by atoms with E-state index in [0.717, 1.165) is 6.07 Å². The van der Waals surface area contributed by atoms with Gasteiger partial charge in [0.2, 0.25) is 0 Å². The van der Waals surface area contributed by atoms with Crippen LogP contribution in [0.15, 0.2) is 36.5 Å². The van der Waals surface area contributed by atoms with Gasteiger partial charge >= 0.3 is 13.2 Å². The monoisotopic (exact) mass is 399 g/mol. The summed E-state index contributed by atoms with van der Waals surface area (Å²) >= 11 is 0. The third-order valence-electron chi connectivity index (χ3n) is 4.42. The molecule has 0 saturated heterocycles. The highest BCUT2D eigenvalue weighted by Gasteiger charge is 2.38. The zero-order valence-corrected chi connectivity index (χ0v) is 14.9. The van der Waals surface area contributed by atoms with Crippen LogP contribution in [0.3, 0.4) is 0 Å². The Balaban J connectivity index is 2.14. The van der Waals surface area contributed by atoms with Crippen LogP contribution in [-0.4, -0.2) is 33.7 Å². The number of aliphatic hydroxyl groups is 1. The molecule has 1 heterocycles. The van der Waals surface area contributed by atoms with Crippen molar-refractivity contribution in [2.75, 3.05) is 0 Å². The summed E-state index contributed by atoms with van der Waals surface area (Å²) in [7, 11) is 0. The molecule has 0 radical (unpaired) electrons. The minimum atomic E-state index is -3.22. The molecule has 150 valence electrons. The lowest BCUT2D eigenvalue weighted by Gasteiger charge is -2.31. The number of H-pyrrole nitrogens is 1. The van der Waals surface area contributed by atoms with Crippen molar-refractivity contribution >= 4 is 10.8 Å². The van der Waals surface area contributed by atoms with E-state index in [1.165, 1.54) is 12.3 Å². The number of aromatic amines is 1. The molecule has 1 atom stereocenters. The van der Waals surface area contributed by atoms with Crippen molar-refractivity contribution < 1.29 is 32.1 Å². The molecule has 0 spiro atoms. The second kappa shape index (κ2) is 7.63. The largest absolute Gasteiger partial charge is 0.431 e. The molecule has 0 amide bonds. The molecule has 0 aliphatic heterocycles. The highest BCUT2D eigenvalue weighted by atomic mass is 19.3. The molecular formula is C18H17F4N3O3. The molecule has 6 nitrogen and oxygen atoms in total. The second-order valence-corrected chi connectivity index (χ2v) is 6.39. The predicted octanol–water partition coefficient (Wildman–Crippen LogP) is 4.05. The Bertz CT molecular complexity index is 951. The van der Waals surface area contributed by atoms with Gasteiger partial charge in [0.25, 0.3) is 0 Å². The minimum Gasteiger partial charge on any atom is -0.431 e. The standard InChI is InChI=1S/C18H17F4N3O3/c1-9(2)18(26,15-8-23-25-24-15)12-4-3-10-6-13(27-16(19)20)14(28-17(21)22)7-11(10)5-12/h3-9,16-17,26H,1-2H3,(H,23,24,25)/t18-/m1/s1. The predicted molar refractivity (Wildman–Crippen MR) is 91.4 cm³/mol. The van der Waals surface area contributed by atoms with Crippen LogP contribution in [0.25, 0.3) is 10.8 Å². The SMILES string of the molecule is CC(C)[C@@](O)(c1ccc2cc(OC(F)F)c(OC(F)F)cc2c1)c1cn[nH]n1. The fourth-order valence-corrected chi connectivity index (χ4v) is 3.03. The first-order chi connectivity index (χ1) is 13.2. The van der Waals surface area contributed by atoms with Crippen molar-refractivity contribution in [3.05, 3.63) is 47.8 Å². The zero-order valence-electron chi connectivity index (χ0n) is 14.9. The fourth-order valence-electron chi connectivity index (χ4n) is 3.03. The molecule has 0 fully saturated rings. The molecule has 0 aliphatic carbocycles. The third-order valence-corrected chi connectivity index (χ3v) is 4.42. The van der Waals surface area contributed by atoms with Crippen molar-refractivity contribution in [1.29, 1.82) is 0 Å². The molecule has 3 aromatic rings. The maximum absolute atomic E-state index is 12.7. The van der Waals surface area contributed by atoms with Crippen molar-refractivity contribution in [3.63, 3.8) is 0 Å². The summed E-state index contributed by atoms with van der Waals surface area (Å²) < 4.78 is 59.1. The Morgan fingerprint density at radius 1 is 0.964 bits per heavy atom. The van der Waals surface area contributed by atoms with E-state index in [9.17, 15) is 22.7 Å². The van der Waals surface area contributed by atoms with Gasteiger partial charge < -0.3 is 14.6 Å². The van der Waals surface area contributed by atoms with E-state index in [1.807, 2.05) is 0 Å². The molecule has 0 saturated carbocycles. The lowest BCUT2D eigenvalue weighted by molar-refractivity contribution is -0.0690. The second-order valence-electron chi connectivity index (χ2n) is 6.39. The van der Waals surface area contributed by atoms with Gasteiger partial charge in [-0.15, -0.1) is 0 Å². The average Bonchev–Trinajstić information content (AvgIpc) is 3.15. The quantitative estimate of drug-likeness (QED) is 0.586. The third kappa shape index (κ3) is 3.72. The van der Waals surface area contributed by atoms with Gasteiger partial charge in [-0.25, -0.2) is 0 Å². The van der Waals surface area contributed by atoms with Crippen LogP contribution in [0.4, 0.5) is 17.6 Å². The first-order valence-electron chi connectivity index (χ1n) is 8.28. The van der Waals surface area contributed by atoms with Crippen molar-refractivity contribution in [1.82, 2.24) is 15.4 Å². The Morgan fingerprint density at radius 2 is 1.57 bits per heavy atom. The van der Waals surface area contributed by atoms with Gasteiger partial charge in [0, 0.05) is 0 Å². The molecule has 0 unspecified atom stereocenters. The van der Waals surface area contributed by atoms with E-state index in [-0.39, 0.29) is 11.6 Å². The van der Waals surface area contributed by atoms with Crippen molar-refractivity contribution in [2.24, 2.45) is 5.92 Å². The lowest BCUT2D eigenvalue weighted by Crippen LogP contribution is -2.33. The number of alkyl halides is 4. The van der Waals surface area contributed by atoms with E-state index in [1.54, 1.807) is 32.0 Å². The fraction of sp³-hybridized carbons (Fsp3) is 0.333. The Labute approximate surface area is 157 Å². The van der Waals surface area contributed by atoms with Gasteiger partial charge in [0.05, 0.1) is 6.20 Å². The van der Waals surface area contributed by atoms with E-state index >= 15 is 0 Å². The summed E-state index contributed by atoms with van der Waals surface area (Å²) in [6.07, 6.45) is 1.38. The van der Waals surface area contributed by atoms with E-state index < -0.39 is 30.3 Å². The first kappa shape index (κ1) is 19.9. The van der Waals surface area contributed by atoms with Gasteiger partial charge in [-0.1, -0.05) is 26.0 Å². The number of nitrogens with one attached hydrogen (secondary N) is 1. The summed E-state index contributed by atoms with van der Waals surface area (Å²) in [5.74, 6) is -1.35. The van der Waals surface area contributed by atoms with E-state index in [2.05, 4.69) is 24.9 Å². The smallest absolute Gasteiger partial charge is 0.387 e. The minimum absolute atomic E-state index is 0.281. The van der Waals surface area contributed by atoms with Crippen LogP contribution in [0.5, 0.6) is 11.5 Å². The van der Waals surface area contributed by atoms with Crippen LogP contribution in [-0.2, 0) is 5.60 Å². The molecular weight excluding hydrogens is 382 g/mol. The molecule has 2 aromatic carbocycles. The molecule has 3 rings (SSSR count). The van der Waals surface area contributed by atoms with Crippen LogP contribution >= 0.6 is 0 Å². The van der Waals surface area contributed by atoms with Crippen LogP contribution < -0.4 is 9.47 Å². The highest BCUT2D eigenvalue weighted by Crippen LogP contribution is 2.39. The Hall–Kier alpha value is -2.88. The maximum atomic E-state index is 12.7. The molecule has 0 bridgehead atoms. The van der Waals surface area contributed by atoms with Crippen LogP contribution in [0.1, 0.15) is 25.1 Å². The number of fused-ring (bicyclic) bond motifs is 1. The van der Waals surface area contributed by atoms with Crippen molar-refractivity contribution in [3.8, 4) is 11.5 Å². The summed E-state index contributed by atoms with van der Waals surface area (Å²) in [6.45, 7) is -2.86. The molecule has 10 heteroatoms. The first-order valence-corrected chi connectivity index (χ1v) is 8.28. The summed E-state index contributed by atoms with van der Waals surface area (Å²) in [4.78, 5) is 0. The number of hydrogen-bond acceptors (Lipinski definition) is 5. The van der Waals surface area contributed by atoms with Crippen LogP contribution in [0.2, 0.25) is 0 Å². The number of ether oxygens (including phenoxy) is 2. The average molecular weight is 399 g/mol. The number of nitrogens with zero attached hydrogens (tertiary/aromatic N) is 2. The summed E-state index contributed by atoms with van der Waals surface area (Å²) in [6, 6.07) is 7.04. The molecule has 28 heavy (non-hydrogen) atoms. The van der Waals surface area contributed by atoms with Crippen molar-refractivity contribution in [2.45, 2.75) is 32.7 Å². The Kier molecular flexibility index (Phi) is 5.41. The van der Waals surface area contributed by atoms with Gasteiger partial charge in [0.15, 0.2) is 11.5 Å². The molecule has 1 aromatic heterocycles. The Morgan fingerprint density at radius 3 is 2.07 bits per heavy atom. The van der Waals surface area contributed by atoms with Crippen LogP contribution in [0, 0.1) is 5.92 Å². The van der Waals surface area contributed by atoms with Gasteiger partial charge in [-0.3, -0.25) is 0 Å². The molecule has 2 N–H and O–H groups in total. The summed E-state index contributed by atoms with van der Waals surface area (Å²) in [5.41, 5.74) is -0.804. The topological polar surface area (TPSA) is 80.3 Å². The number of hydrogen-bond donors (Lipinski definition) is 2. The molecule has 0 aliphatic rings. The van der Waals surface area contributed by atoms with E-state index in [0.29, 0.717) is 16.3 Å². The summed E-state index contributed by atoms with van der Waals surface area (Å²) in [5, 5.41) is 22.2. The zero-order chi connectivity index (χ0) is 20.5. The number of halogens is 4. The van der Waals surface area contributed by atoms with Gasteiger partial charge in [0.1, 0.15) is 11.3 Å². The number of rotatable bonds is 7. The highest BCUT2D eigenvalue weighted by molar-refractivity contribution is 5.87. The lowest BCUT2D eigenvalue weighted by atomic mass is 9.80. The van der Waals surface area contributed by atoms with Gasteiger partial charge in [-0.2, -0.15) is 33.0 Å². The number of benzene rings is 2.